The van der Waals surface area contributed by atoms with Gasteiger partial charge in [-0.25, -0.2) is 9.07 Å². The highest BCUT2D eigenvalue weighted by Gasteiger charge is 2.17. The Balaban J connectivity index is 2.69. The molecule has 0 fully saturated rings. The Morgan fingerprint density at radius 2 is 2.24 bits per heavy atom. The average molecular weight is 252 g/mol. The maximum atomic E-state index is 13.7. The van der Waals surface area contributed by atoms with Crippen molar-refractivity contribution in [1.29, 1.82) is 5.26 Å². The first-order valence-electron chi connectivity index (χ1n) is 4.68. The Hall–Kier alpha value is -2.06. The minimum absolute atomic E-state index is 0.0642. The number of halogens is 2. The van der Waals surface area contributed by atoms with Crippen molar-refractivity contribution in [3.63, 3.8) is 0 Å². The maximum absolute atomic E-state index is 13.7. The smallest absolute Gasteiger partial charge is 0.186 e. The van der Waals surface area contributed by atoms with E-state index in [2.05, 4.69) is 5.10 Å². The molecule has 6 heteroatoms. The first-order valence-corrected chi connectivity index (χ1v) is 5.06. The van der Waals surface area contributed by atoms with Crippen molar-refractivity contribution in [2.75, 3.05) is 0 Å². The van der Waals surface area contributed by atoms with Crippen molar-refractivity contribution in [2.45, 2.75) is 6.92 Å². The molecule has 17 heavy (non-hydrogen) atoms. The van der Waals surface area contributed by atoms with E-state index < -0.39 is 5.82 Å². The van der Waals surface area contributed by atoms with Gasteiger partial charge in [-0.2, -0.15) is 10.4 Å². The second-order valence-electron chi connectivity index (χ2n) is 3.40. The number of aromatic hydroxyl groups is 1. The van der Waals surface area contributed by atoms with Gasteiger partial charge >= 0.3 is 0 Å². The molecule has 0 aliphatic rings. The molecular weight excluding hydrogens is 245 g/mol. The second kappa shape index (κ2) is 4.07. The Labute approximate surface area is 101 Å². The normalized spacial score (nSPS) is 10.2. The van der Waals surface area contributed by atoms with Crippen LogP contribution in [-0.4, -0.2) is 14.9 Å². The third-order valence-corrected chi connectivity index (χ3v) is 2.51. The van der Waals surface area contributed by atoms with Gasteiger partial charge in [0.25, 0.3) is 0 Å². The van der Waals surface area contributed by atoms with Crippen LogP contribution in [0.4, 0.5) is 4.39 Å². The summed E-state index contributed by atoms with van der Waals surface area (Å²) in [6.07, 6.45) is 0. The highest BCUT2D eigenvalue weighted by molar-refractivity contribution is 6.30. The third-order valence-electron chi connectivity index (χ3n) is 2.27. The molecule has 1 heterocycles. The highest BCUT2D eigenvalue weighted by atomic mass is 35.5. The Kier molecular flexibility index (Phi) is 2.74. The summed E-state index contributed by atoms with van der Waals surface area (Å²) in [7, 11) is 0. The topological polar surface area (TPSA) is 61.8 Å². The molecule has 0 amide bonds. The molecule has 0 bridgehead atoms. The number of nitriles is 1. The van der Waals surface area contributed by atoms with E-state index in [0.717, 1.165) is 10.7 Å². The zero-order valence-corrected chi connectivity index (χ0v) is 9.53. The Morgan fingerprint density at radius 1 is 1.53 bits per heavy atom. The second-order valence-corrected chi connectivity index (χ2v) is 3.84. The predicted octanol–water partition coefficient (Wildman–Crippen LogP) is 2.55. The largest absolute Gasteiger partial charge is 0.504 e. The first kappa shape index (κ1) is 11.4. The van der Waals surface area contributed by atoms with Crippen molar-refractivity contribution in [3.8, 4) is 17.5 Å². The SMILES string of the molecule is Cc1nn(-c2ccc(Cl)cc2F)c(C#N)c1O. The van der Waals surface area contributed by atoms with Gasteiger partial charge in [0.2, 0.25) is 0 Å². The van der Waals surface area contributed by atoms with Gasteiger partial charge in [-0.1, -0.05) is 11.6 Å². The fraction of sp³-hybridized carbons (Fsp3) is 0.0909. The summed E-state index contributed by atoms with van der Waals surface area (Å²) in [5.74, 6) is -0.863. The molecule has 0 aliphatic carbocycles. The molecule has 0 aliphatic heterocycles. The zero-order valence-electron chi connectivity index (χ0n) is 8.78. The van der Waals surface area contributed by atoms with Gasteiger partial charge in [-0.3, -0.25) is 0 Å². The molecule has 86 valence electrons. The van der Waals surface area contributed by atoms with Crippen LogP contribution >= 0.6 is 11.6 Å². The van der Waals surface area contributed by atoms with E-state index >= 15 is 0 Å². The molecule has 1 aromatic carbocycles. The number of hydrogen-bond acceptors (Lipinski definition) is 3. The van der Waals surface area contributed by atoms with Crippen LogP contribution in [0.25, 0.3) is 5.69 Å². The van der Waals surface area contributed by atoms with Crippen LogP contribution in [0.1, 0.15) is 11.4 Å². The van der Waals surface area contributed by atoms with Crippen LogP contribution in [0.15, 0.2) is 18.2 Å². The summed E-state index contributed by atoms with van der Waals surface area (Å²) >= 11 is 5.63. The fourth-order valence-electron chi connectivity index (χ4n) is 1.45. The quantitative estimate of drug-likeness (QED) is 0.847. The van der Waals surface area contributed by atoms with Crippen LogP contribution in [0.2, 0.25) is 5.02 Å². The lowest BCUT2D eigenvalue weighted by atomic mass is 10.3. The van der Waals surface area contributed by atoms with Gasteiger partial charge in [0, 0.05) is 5.02 Å². The third kappa shape index (κ3) is 1.83. The summed E-state index contributed by atoms with van der Waals surface area (Å²) < 4.78 is 14.7. The first-order chi connectivity index (χ1) is 8.04. The monoisotopic (exact) mass is 251 g/mol. The molecule has 0 spiro atoms. The molecule has 0 saturated heterocycles. The molecule has 0 saturated carbocycles. The number of aryl methyl sites for hydroxylation is 1. The molecule has 0 unspecified atom stereocenters. The maximum Gasteiger partial charge on any atom is 0.186 e. The predicted molar refractivity (Wildman–Crippen MR) is 59.6 cm³/mol. The van der Waals surface area contributed by atoms with Crippen molar-refractivity contribution < 1.29 is 9.50 Å². The van der Waals surface area contributed by atoms with E-state index in [-0.39, 0.29) is 27.8 Å². The van der Waals surface area contributed by atoms with Crippen molar-refractivity contribution in [2.24, 2.45) is 0 Å². The number of rotatable bonds is 1. The molecule has 1 aromatic heterocycles. The van der Waals surface area contributed by atoms with Crippen molar-refractivity contribution >= 4 is 11.6 Å². The number of hydrogen-bond donors (Lipinski definition) is 1. The van der Waals surface area contributed by atoms with Crippen molar-refractivity contribution in [1.82, 2.24) is 9.78 Å². The molecular formula is C11H7ClFN3O. The molecule has 1 N–H and O–H groups in total. The lowest BCUT2D eigenvalue weighted by Gasteiger charge is -2.04. The standard InChI is InChI=1S/C11H7ClFN3O/c1-6-11(17)10(5-14)16(15-6)9-3-2-7(12)4-8(9)13/h2-4,17H,1H3. The van der Waals surface area contributed by atoms with Crippen LogP contribution in [0, 0.1) is 24.1 Å². The number of benzene rings is 1. The minimum Gasteiger partial charge on any atom is -0.504 e. The average Bonchev–Trinajstić information content (AvgIpc) is 2.55. The summed E-state index contributed by atoms with van der Waals surface area (Å²) in [5.41, 5.74) is 0.217. The van der Waals surface area contributed by atoms with E-state index in [0.29, 0.717) is 0 Å². The zero-order chi connectivity index (χ0) is 12.6. The molecule has 2 rings (SSSR count). The van der Waals surface area contributed by atoms with Crippen molar-refractivity contribution in [3.05, 3.63) is 40.4 Å². The Bertz CT molecular complexity index is 630. The van der Waals surface area contributed by atoms with Gasteiger partial charge in [-0.05, 0) is 25.1 Å². The van der Waals surface area contributed by atoms with E-state index in [4.69, 9.17) is 16.9 Å². The minimum atomic E-state index is -0.614. The fourth-order valence-corrected chi connectivity index (χ4v) is 1.61. The number of nitrogens with zero attached hydrogens (tertiary/aromatic N) is 3. The van der Waals surface area contributed by atoms with E-state index in [1.54, 1.807) is 6.07 Å². The lowest BCUT2D eigenvalue weighted by Crippen LogP contribution is -2.02. The highest BCUT2D eigenvalue weighted by Crippen LogP contribution is 2.25. The molecule has 0 atom stereocenters. The Morgan fingerprint density at radius 3 is 2.82 bits per heavy atom. The van der Waals surface area contributed by atoms with Crippen LogP contribution < -0.4 is 0 Å². The van der Waals surface area contributed by atoms with E-state index in [1.165, 1.54) is 19.1 Å². The summed E-state index contributed by atoms with van der Waals surface area (Å²) in [6.45, 7) is 1.53. The summed E-state index contributed by atoms with van der Waals surface area (Å²) in [5, 5.41) is 22.6. The molecule has 2 aromatic rings. The van der Waals surface area contributed by atoms with E-state index in [1.807, 2.05) is 0 Å². The van der Waals surface area contributed by atoms with Crippen LogP contribution in [0.3, 0.4) is 0 Å². The van der Waals surface area contributed by atoms with Crippen LogP contribution in [-0.2, 0) is 0 Å². The molecule has 0 radical (unpaired) electrons. The summed E-state index contributed by atoms with van der Waals surface area (Å²) in [4.78, 5) is 0. The lowest BCUT2D eigenvalue weighted by molar-refractivity contribution is 0.469. The van der Waals surface area contributed by atoms with Gasteiger partial charge in [0.05, 0.1) is 0 Å². The van der Waals surface area contributed by atoms with Gasteiger partial charge in [0.1, 0.15) is 23.3 Å². The van der Waals surface area contributed by atoms with Gasteiger partial charge in [-0.15, -0.1) is 0 Å². The summed E-state index contributed by atoms with van der Waals surface area (Å²) in [6, 6.07) is 5.77. The van der Waals surface area contributed by atoms with E-state index in [9.17, 15) is 9.50 Å². The van der Waals surface area contributed by atoms with Gasteiger partial charge < -0.3 is 5.11 Å². The number of aromatic nitrogens is 2. The van der Waals surface area contributed by atoms with Crippen LogP contribution in [0.5, 0.6) is 5.75 Å². The molecule has 4 nitrogen and oxygen atoms in total. The van der Waals surface area contributed by atoms with Gasteiger partial charge in [0.15, 0.2) is 11.4 Å².